The number of methoxy groups -OCH3 is 1. The van der Waals surface area contributed by atoms with Gasteiger partial charge in [0.1, 0.15) is 11.8 Å². The van der Waals surface area contributed by atoms with Crippen LogP contribution in [-0.4, -0.2) is 55.2 Å². The Balaban J connectivity index is 2.34. The summed E-state index contributed by atoms with van der Waals surface area (Å²) in [5, 5.41) is 9.50. The molecule has 0 unspecified atom stereocenters. The van der Waals surface area contributed by atoms with E-state index in [-0.39, 0.29) is 19.1 Å². The summed E-state index contributed by atoms with van der Waals surface area (Å²) >= 11 is 0. The zero-order valence-corrected chi connectivity index (χ0v) is 16.0. The smallest absolute Gasteiger partial charge is 0.244 e. The van der Waals surface area contributed by atoms with E-state index in [9.17, 15) is 9.90 Å². The van der Waals surface area contributed by atoms with E-state index in [0.717, 1.165) is 22.4 Å². The topological polar surface area (TPSA) is 53.0 Å². The molecule has 140 valence electrons. The molecular weight excluding hydrogens is 328 g/mol. The van der Waals surface area contributed by atoms with Crippen molar-refractivity contribution in [1.29, 1.82) is 0 Å². The minimum absolute atomic E-state index is 0.0377. The van der Waals surface area contributed by atoms with Crippen LogP contribution in [-0.2, 0) is 11.3 Å². The summed E-state index contributed by atoms with van der Waals surface area (Å²) < 4.78 is 5.40. The SMILES string of the molecule is COc1ccccc1CN(CCO)C(=O)[C@@H](c1ccccc1C)N(C)C. The van der Waals surface area contributed by atoms with E-state index in [4.69, 9.17) is 4.74 Å². The molecule has 2 aromatic carbocycles. The molecule has 0 heterocycles. The van der Waals surface area contributed by atoms with Crippen molar-refractivity contribution in [1.82, 2.24) is 9.80 Å². The minimum atomic E-state index is -0.405. The van der Waals surface area contributed by atoms with Crippen molar-refractivity contribution < 1.29 is 14.6 Å². The number of carbonyl (C=O) groups excluding carboxylic acids is 1. The maximum absolute atomic E-state index is 13.4. The Labute approximate surface area is 155 Å². The highest BCUT2D eigenvalue weighted by atomic mass is 16.5. The zero-order chi connectivity index (χ0) is 19.1. The monoisotopic (exact) mass is 356 g/mol. The van der Waals surface area contributed by atoms with Crippen LogP contribution in [0.3, 0.4) is 0 Å². The largest absolute Gasteiger partial charge is 0.496 e. The number of carbonyl (C=O) groups is 1. The summed E-state index contributed by atoms with van der Waals surface area (Å²) in [5.74, 6) is 0.699. The van der Waals surface area contributed by atoms with E-state index >= 15 is 0 Å². The molecule has 0 aliphatic carbocycles. The van der Waals surface area contributed by atoms with Crippen molar-refractivity contribution in [2.75, 3.05) is 34.4 Å². The zero-order valence-electron chi connectivity index (χ0n) is 16.0. The first-order valence-electron chi connectivity index (χ1n) is 8.73. The van der Waals surface area contributed by atoms with Gasteiger partial charge in [0.05, 0.1) is 13.7 Å². The Morgan fingerprint density at radius 2 is 1.77 bits per heavy atom. The molecule has 0 bridgehead atoms. The number of para-hydroxylation sites is 1. The van der Waals surface area contributed by atoms with Crippen molar-refractivity contribution in [3.05, 3.63) is 65.2 Å². The predicted octanol–water partition coefficient (Wildman–Crippen LogP) is 2.63. The number of benzene rings is 2. The van der Waals surface area contributed by atoms with Crippen LogP contribution in [0.2, 0.25) is 0 Å². The normalized spacial score (nSPS) is 12.1. The molecule has 0 spiro atoms. The van der Waals surface area contributed by atoms with Gasteiger partial charge in [-0.15, -0.1) is 0 Å². The van der Waals surface area contributed by atoms with Crippen molar-refractivity contribution in [3.63, 3.8) is 0 Å². The second-order valence-electron chi connectivity index (χ2n) is 6.52. The van der Waals surface area contributed by atoms with Crippen molar-refractivity contribution in [2.24, 2.45) is 0 Å². The average molecular weight is 356 g/mol. The number of amides is 1. The van der Waals surface area contributed by atoms with Gasteiger partial charge in [0, 0.05) is 18.7 Å². The number of likely N-dealkylation sites (N-methyl/N-ethyl adjacent to an activating group) is 1. The Morgan fingerprint density at radius 1 is 1.12 bits per heavy atom. The number of aliphatic hydroxyl groups excluding tert-OH is 1. The molecule has 1 amide bonds. The Morgan fingerprint density at radius 3 is 2.38 bits per heavy atom. The number of hydrogen-bond acceptors (Lipinski definition) is 4. The lowest BCUT2D eigenvalue weighted by atomic mass is 9.99. The fourth-order valence-corrected chi connectivity index (χ4v) is 3.13. The molecule has 0 saturated carbocycles. The summed E-state index contributed by atoms with van der Waals surface area (Å²) in [6, 6.07) is 15.1. The molecule has 2 rings (SSSR count). The molecule has 2 aromatic rings. The van der Waals surface area contributed by atoms with Crippen molar-refractivity contribution in [3.8, 4) is 5.75 Å². The van der Waals surface area contributed by atoms with E-state index in [2.05, 4.69) is 0 Å². The molecular formula is C21H28N2O3. The van der Waals surface area contributed by atoms with Gasteiger partial charge >= 0.3 is 0 Å². The van der Waals surface area contributed by atoms with Gasteiger partial charge in [0.2, 0.25) is 5.91 Å². The van der Waals surface area contributed by atoms with E-state index in [1.165, 1.54) is 0 Å². The summed E-state index contributed by atoms with van der Waals surface area (Å²) in [7, 11) is 5.41. The molecule has 0 aliphatic heterocycles. The van der Waals surface area contributed by atoms with Crippen LogP contribution in [0.25, 0.3) is 0 Å². The Kier molecular flexibility index (Phi) is 7.18. The number of rotatable bonds is 8. The molecule has 5 heteroatoms. The Hall–Kier alpha value is -2.37. The van der Waals surface area contributed by atoms with Crippen LogP contribution in [0.5, 0.6) is 5.75 Å². The van der Waals surface area contributed by atoms with Gasteiger partial charge in [-0.25, -0.2) is 0 Å². The highest BCUT2D eigenvalue weighted by Crippen LogP contribution is 2.26. The number of hydrogen-bond donors (Lipinski definition) is 1. The van der Waals surface area contributed by atoms with Gasteiger partial charge < -0.3 is 14.7 Å². The third-order valence-corrected chi connectivity index (χ3v) is 4.47. The maximum atomic E-state index is 13.4. The third kappa shape index (κ3) is 4.62. The van der Waals surface area contributed by atoms with Gasteiger partial charge in [0.25, 0.3) is 0 Å². The summed E-state index contributed by atoms with van der Waals surface area (Å²) in [5.41, 5.74) is 2.96. The summed E-state index contributed by atoms with van der Waals surface area (Å²) in [6.07, 6.45) is 0. The summed E-state index contributed by atoms with van der Waals surface area (Å²) in [6.45, 7) is 2.58. The molecule has 1 N–H and O–H groups in total. The second-order valence-corrected chi connectivity index (χ2v) is 6.52. The molecule has 5 nitrogen and oxygen atoms in total. The van der Waals surface area contributed by atoms with E-state index in [1.807, 2.05) is 74.4 Å². The second kappa shape index (κ2) is 9.36. The van der Waals surface area contributed by atoms with Crippen LogP contribution < -0.4 is 4.74 Å². The standard InChI is InChI=1S/C21H28N2O3/c1-16-9-5-7-11-18(16)20(22(2)3)21(25)23(13-14-24)15-17-10-6-8-12-19(17)26-4/h5-12,20,24H,13-15H2,1-4H3/t20-/m1/s1. The lowest BCUT2D eigenvalue weighted by Crippen LogP contribution is -2.41. The van der Waals surface area contributed by atoms with Crippen molar-refractivity contribution in [2.45, 2.75) is 19.5 Å². The first kappa shape index (κ1) is 19.9. The quantitative estimate of drug-likeness (QED) is 0.790. The molecule has 26 heavy (non-hydrogen) atoms. The van der Waals surface area contributed by atoms with Crippen LogP contribution in [0.4, 0.5) is 0 Å². The predicted molar refractivity (Wildman–Crippen MR) is 103 cm³/mol. The molecule has 0 fully saturated rings. The number of aryl methyl sites for hydroxylation is 1. The molecule has 0 radical (unpaired) electrons. The molecule has 0 saturated heterocycles. The minimum Gasteiger partial charge on any atom is -0.496 e. The maximum Gasteiger partial charge on any atom is 0.244 e. The van der Waals surface area contributed by atoms with Crippen LogP contribution >= 0.6 is 0 Å². The fourth-order valence-electron chi connectivity index (χ4n) is 3.13. The highest BCUT2D eigenvalue weighted by Gasteiger charge is 2.29. The van der Waals surface area contributed by atoms with Gasteiger partial charge in [0.15, 0.2) is 0 Å². The third-order valence-electron chi connectivity index (χ3n) is 4.47. The van der Waals surface area contributed by atoms with Crippen molar-refractivity contribution >= 4 is 5.91 Å². The molecule has 0 aromatic heterocycles. The first-order chi connectivity index (χ1) is 12.5. The van der Waals surface area contributed by atoms with Gasteiger partial charge in [-0.2, -0.15) is 0 Å². The lowest BCUT2D eigenvalue weighted by Gasteiger charge is -2.32. The average Bonchev–Trinajstić information content (AvgIpc) is 2.63. The van der Waals surface area contributed by atoms with Crippen LogP contribution in [0, 0.1) is 6.92 Å². The first-order valence-corrected chi connectivity index (χ1v) is 8.73. The van der Waals surface area contributed by atoms with Gasteiger partial charge in [-0.1, -0.05) is 42.5 Å². The number of aliphatic hydroxyl groups is 1. The number of nitrogens with zero attached hydrogens (tertiary/aromatic N) is 2. The van der Waals surface area contributed by atoms with Gasteiger partial charge in [-0.3, -0.25) is 9.69 Å². The van der Waals surface area contributed by atoms with Crippen LogP contribution in [0.15, 0.2) is 48.5 Å². The Bertz CT molecular complexity index is 731. The van der Waals surface area contributed by atoms with Gasteiger partial charge in [-0.05, 0) is 38.2 Å². The summed E-state index contributed by atoms with van der Waals surface area (Å²) in [4.78, 5) is 17.0. The molecule has 1 atom stereocenters. The van der Waals surface area contributed by atoms with Crippen LogP contribution in [0.1, 0.15) is 22.7 Å². The fraction of sp³-hybridized carbons (Fsp3) is 0.381. The van der Waals surface area contributed by atoms with E-state index in [0.29, 0.717) is 6.54 Å². The highest BCUT2D eigenvalue weighted by molar-refractivity contribution is 5.83. The molecule has 0 aliphatic rings. The van der Waals surface area contributed by atoms with E-state index < -0.39 is 6.04 Å². The number of ether oxygens (including phenoxy) is 1. The lowest BCUT2D eigenvalue weighted by molar-refractivity contribution is -0.137. The van der Waals surface area contributed by atoms with E-state index in [1.54, 1.807) is 12.0 Å².